The molecule has 18 heavy (non-hydrogen) atoms. The Labute approximate surface area is 108 Å². The van der Waals surface area contributed by atoms with Crippen LogP contribution < -0.4 is 4.74 Å². The standard InChI is InChI=1S/C12H12N2O3S/c1-16-9(15)5-17-11-10-7-3-2-4-8(7)18-12(10)14-6-13-11/h6H,2-5H2,1H3. The van der Waals surface area contributed by atoms with Crippen LogP contribution in [0.3, 0.4) is 0 Å². The third-order valence-corrected chi connectivity index (χ3v) is 4.22. The van der Waals surface area contributed by atoms with E-state index in [1.165, 1.54) is 30.3 Å². The Bertz CT molecular complexity index is 609. The van der Waals surface area contributed by atoms with Gasteiger partial charge in [-0.25, -0.2) is 14.8 Å². The van der Waals surface area contributed by atoms with Gasteiger partial charge in [-0.05, 0) is 24.8 Å². The van der Waals surface area contributed by atoms with Crippen molar-refractivity contribution >= 4 is 27.5 Å². The zero-order valence-corrected chi connectivity index (χ0v) is 10.7. The molecule has 2 aromatic heterocycles. The molecule has 0 atom stereocenters. The third kappa shape index (κ3) is 1.82. The fraction of sp³-hybridized carbons (Fsp3) is 0.417. The van der Waals surface area contributed by atoms with Gasteiger partial charge in [0.25, 0.3) is 0 Å². The number of rotatable bonds is 3. The van der Waals surface area contributed by atoms with Crippen molar-refractivity contribution in [3.05, 3.63) is 16.8 Å². The van der Waals surface area contributed by atoms with Crippen LogP contribution in [-0.2, 0) is 22.4 Å². The Balaban J connectivity index is 1.98. The van der Waals surface area contributed by atoms with Crippen LogP contribution in [-0.4, -0.2) is 29.7 Å². The van der Waals surface area contributed by atoms with Gasteiger partial charge in [0.1, 0.15) is 11.2 Å². The number of aryl methyl sites for hydroxylation is 2. The van der Waals surface area contributed by atoms with E-state index < -0.39 is 5.97 Å². The van der Waals surface area contributed by atoms with Crippen LogP contribution >= 0.6 is 11.3 Å². The molecule has 6 heteroatoms. The number of esters is 1. The summed E-state index contributed by atoms with van der Waals surface area (Å²) in [5.74, 6) is 0.0819. The number of hydrogen-bond donors (Lipinski definition) is 0. The predicted octanol–water partition coefficient (Wildman–Crippen LogP) is 1.73. The van der Waals surface area contributed by atoms with E-state index in [9.17, 15) is 4.79 Å². The van der Waals surface area contributed by atoms with E-state index >= 15 is 0 Å². The molecule has 0 N–H and O–H groups in total. The first kappa shape index (κ1) is 11.4. The Morgan fingerprint density at radius 2 is 2.33 bits per heavy atom. The number of fused-ring (bicyclic) bond motifs is 3. The van der Waals surface area contributed by atoms with Gasteiger partial charge in [0, 0.05) is 4.88 Å². The molecule has 2 aromatic rings. The summed E-state index contributed by atoms with van der Waals surface area (Å²) in [7, 11) is 1.34. The fourth-order valence-corrected chi connectivity index (χ4v) is 3.41. The smallest absolute Gasteiger partial charge is 0.343 e. The summed E-state index contributed by atoms with van der Waals surface area (Å²) in [5.41, 5.74) is 1.29. The zero-order chi connectivity index (χ0) is 12.5. The molecule has 0 radical (unpaired) electrons. The van der Waals surface area contributed by atoms with E-state index in [-0.39, 0.29) is 6.61 Å². The second-order valence-corrected chi connectivity index (χ2v) is 5.16. The molecule has 0 spiro atoms. The van der Waals surface area contributed by atoms with Crippen molar-refractivity contribution in [3.63, 3.8) is 0 Å². The monoisotopic (exact) mass is 264 g/mol. The molecule has 0 unspecified atom stereocenters. The number of aromatic nitrogens is 2. The van der Waals surface area contributed by atoms with Crippen LogP contribution in [0, 0.1) is 0 Å². The van der Waals surface area contributed by atoms with Gasteiger partial charge in [0.05, 0.1) is 12.5 Å². The lowest BCUT2D eigenvalue weighted by atomic mass is 10.2. The van der Waals surface area contributed by atoms with Crippen LogP contribution in [0.1, 0.15) is 16.9 Å². The van der Waals surface area contributed by atoms with Gasteiger partial charge >= 0.3 is 5.97 Å². The highest BCUT2D eigenvalue weighted by atomic mass is 32.1. The molecule has 0 aliphatic heterocycles. The summed E-state index contributed by atoms with van der Waals surface area (Å²) in [5, 5.41) is 0.971. The lowest BCUT2D eigenvalue weighted by molar-refractivity contribution is -0.142. The maximum Gasteiger partial charge on any atom is 0.343 e. The maximum absolute atomic E-state index is 11.1. The average Bonchev–Trinajstić information content (AvgIpc) is 2.95. The summed E-state index contributed by atoms with van der Waals surface area (Å²) in [6, 6.07) is 0. The molecule has 0 fully saturated rings. The molecule has 0 amide bonds. The summed E-state index contributed by atoms with van der Waals surface area (Å²) in [6.45, 7) is -0.118. The van der Waals surface area contributed by atoms with Crippen molar-refractivity contribution in [2.24, 2.45) is 0 Å². The number of ether oxygens (including phenoxy) is 2. The first-order valence-electron chi connectivity index (χ1n) is 5.74. The van der Waals surface area contributed by atoms with E-state index in [0.717, 1.165) is 23.1 Å². The van der Waals surface area contributed by atoms with Crippen molar-refractivity contribution < 1.29 is 14.3 Å². The molecule has 2 heterocycles. The van der Waals surface area contributed by atoms with E-state index in [1.807, 2.05) is 0 Å². The van der Waals surface area contributed by atoms with E-state index in [1.54, 1.807) is 11.3 Å². The highest BCUT2D eigenvalue weighted by Gasteiger charge is 2.22. The fourth-order valence-electron chi connectivity index (χ4n) is 2.20. The Hall–Kier alpha value is -1.69. The minimum Gasteiger partial charge on any atom is -0.466 e. The topological polar surface area (TPSA) is 61.3 Å². The minimum absolute atomic E-state index is 0.118. The van der Waals surface area contributed by atoms with Crippen LogP contribution in [0.5, 0.6) is 5.88 Å². The first-order valence-corrected chi connectivity index (χ1v) is 6.56. The second kappa shape index (κ2) is 4.53. The summed E-state index contributed by atoms with van der Waals surface area (Å²) in [6.07, 6.45) is 4.78. The Morgan fingerprint density at radius 3 is 3.17 bits per heavy atom. The highest BCUT2D eigenvalue weighted by molar-refractivity contribution is 7.18. The molecular weight excluding hydrogens is 252 g/mol. The number of hydrogen-bond acceptors (Lipinski definition) is 6. The maximum atomic E-state index is 11.1. The normalized spacial score (nSPS) is 13.6. The predicted molar refractivity (Wildman–Crippen MR) is 67.0 cm³/mol. The Morgan fingerprint density at radius 1 is 1.44 bits per heavy atom. The SMILES string of the molecule is COC(=O)COc1ncnc2sc3c(c12)CCC3. The highest BCUT2D eigenvalue weighted by Crippen LogP contribution is 2.39. The molecular formula is C12H12N2O3S. The molecule has 1 aliphatic carbocycles. The molecule has 0 bridgehead atoms. The van der Waals surface area contributed by atoms with Crippen molar-refractivity contribution in [1.82, 2.24) is 9.97 Å². The second-order valence-electron chi connectivity index (χ2n) is 4.08. The molecule has 0 aromatic carbocycles. The lowest BCUT2D eigenvalue weighted by Gasteiger charge is -2.05. The minimum atomic E-state index is -0.409. The molecule has 3 rings (SSSR count). The van der Waals surface area contributed by atoms with E-state index in [0.29, 0.717) is 5.88 Å². The number of thiophene rings is 1. The van der Waals surface area contributed by atoms with Crippen molar-refractivity contribution in [3.8, 4) is 5.88 Å². The Kier molecular flexibility index (Phi) is 2.87. The van der Waals surface area contributed by atoms with Gasteiger partial charge in [-0.3, -0.25) is 0 Å². The van der Waals surface area contributed by atoms with Gasteiger partial charge in [0.2, 0.25) is 5.88 Å². The molecule has 1 aliphatic rings. The largest absolute Gasteiger partial charge is 0.466 e. The van der Waals surface area contributed by atoms with Gasteiger partial charge in [-0.1, -0.05) is 0 Å². The van der Waals surface area contributed by atoms with Crippen LogP contribution in [0.4, 0.5) is 0 Å². The van der Waals surface area contributed by atoms with Gasteiger partial charge < -0.3 is 9.47 Å². The average molecular weight is 264 g/mol. The molecule has 5 nitrogen and oxygen atoms in total. The van der Waals surface area contributed by atoms with Crippen molar-refractivity contribution in [2.45, 2.75) is 19.3 Å². The summed E-state index contributed by atoms with van der Waals surface area (Å²) < 4.78 is 9.99. The zero-order valence-electron chi connectivity index (χ0n) is 9.93. The number of methoxy groups -OCH3 is 1. The molecule has 0 saturated carbocycles. The van der Waals surface area contributed by atoms with Gasteiger partial charge in [0.15, 0.2) is 6.61 Å². The number of carbonyl (C=O) groups is 1. The van der Waals surface area contributed by atoms with E-state index in [2.05, 4.69) is 14.7 Å². The lowest BCUT2D eigenvalue weighted by Crippen LogP contribution is -2.13. The third-order valence-electron chi connectivity index (χ3n) is 3.02. The van der Waals surface area contributed by atoms with Crippen molar-refractivity contribution in [2.75, 3.05) is 13.7 Å². The molecule has 94 valence electrons. The van der Waals surface area contributed by atoms with Crippen molar-refractivity contribution in [1.29, 1.82) is 0 Å². The van der Waals surface area contributed by atoms with Gasteiger partial charge in [-0.2, -0.15) is 0 Å². The quantitative estimate of drug-likeness (QED) is 0.790. The van der Waals surface area contributed by atoms with Gasteiger partial charge in [-0.15, -0.1) is 11.3 Å². The number of carbonyl (C=O) groups excluding carboxylic acids is 1. The number of nitrogens with zero attached hydrogens (tertiary/aromatic N) is 2. The van der Waals surface area contributed by atoms with Crippen LogP contribution in [0.2, 0.25) is 0 Å². The van der Waals surface area contributed by atoms with E-state index in [4.69, 9.17) is 4.74 Å². The summed E-state index contributed by atoms with van der Waals surface area (Å²) in [4.78, 5) is 21.8. The summed E-state index contributed by atoms with van der Waals surface area (Å²) >= 11 is 1.69. The van der Waals surface area contributed by atoms with Crippen LogP contribution in [0.15, 0.2) is 6.33 Å². The van der Waals surface area contributed by atoms with Crippen LogP contribution in [0.25, 0.3) is 10.2 Å². The molecule has 0 saturated heterocycles. The first-order chi connectivity index (χ1) is 8.79.